The quantitative estimate of drug-likeness (QED) is 0.769. The first-order valence-corrected chi connectivity index (χ1v) is 7.57. The molecule has 0 aliphatic carbocycles. The minimum Gasteiger partial charge on any atom is -0.467 e. The molecule has 0 saturated carbocycles. The number of ether oxygens (including phenoxy) is 2. The first-order valence-electron chi connectivity index (χ1n) is 7.19. The van der Waals surface area contributed by atoms with E-state index in [2.05, 4.69) is 10.1 Å². The number of halogens is 1. The van der Waals surface area contributed by atoms with Crippen LogP contribution in [0, 0.1) is 5.92 Å². The molecular weight excluding hydrogens is 322 g/mol. The van der Waals surface area contributed by atoms with Crippen LogP contribution < -0.4 is 5.32 Å². The summed E-state index contributed by atoms with van der Waals surface area (Å²) in [7, 11) is 1.25. The third-order valence-electron chi connectivity index (χ3n) is 3.41. The highest BCUT2D eigenvalue weighted by Gasteiger charge is 2.27. The molecule has 2 atom stereocenters. The van der Waals surface area contributed by atoms with E-state index in [1.807, 2.05) is 13.8 Å². The summed E-state index contributed by atoms with van der Waals surface area (Å²) < 4.78 is 9.58. The lowest BCUT2D eigenvalue weighted by atomic mass is 9.99. The van der Waals surface area contributed by atoms with Crippen molar-refractivity contribution in [3.05, 3.63) is 34.9 Å². The molecule has 6 nitrogen and oxygen atoms in total. The van der Waals surface area contributed by atoms with Gasteiger partial charge < -0.3 is 14.8 Å². The Hall–Kier alpha value is -2.08. The van der Waals surface area contributed by atoms with Gasteiger partial charge in [-0.15, -0.1) is 0 Å². The number of carbonyl (C=O) groups is 3. The molecule has 1 aromatic rings. The van der Waals surface area contributed by atoms with E-state index in [4.69, 9.17) is 16.3 Å². The number of nitrogens with one attached hydrogen (secondary N) is 1. The summed E-state index contributed by atoms with van der Waals surface area (Å²) in [5, 5.41) is 2.76. The summed E-state index contributed by atoms with van der Waals surface area (Å²) >= 11 is 5.88. The van der Waals surface area contributed by atoms with Crippen LogP contribution in [0.25, 0.3) is 0 Å². The van der Waals surface area contributed by atoms with Gasteiger partial charge in [0.2, 0.25) is 0 Å². The molecule has 0 saturated heterocycles. The number of benzene rings is 1. The lowest BCUT2D eigenvalue weighted by Crippen LogP contribution is -2.47. The van der Waals surface area contributed by atoms with Crippen LogP contribution in [0.3, 0.4) is 0 Å². The first-order chi connectivity index (χ1) is 10.9. The van der Waals surface area contributed by atoms with E-state index in [0.717, 1.165) is 0 Å². The average molecular weight is 342 g/mol. The zero-order chi connectivity index (χ0) is 17.4. The average Bonchev–Trinajstić information content (AvgIpc) is 2.56. The Bertz CT molecular complexity index is 575. The van der Waals surface area contributed by atoms with Gasteiger partial charge in [0.25, 0.3) is 5.91 Å². The van der Waals surface area contributed by atoms with Crippen LogP contribution in [0.15, 0.2) is 24.3 Å². The number of carbonyl (C=O) groups excluding carboxylic acids is 3. The monoisotopic (exact) mass is 341 g/mol. The highest BCUT2D eigenvalue weighted by Crippen LogP contribution is 2.15. The lowest BCUT2D eigenvalue weighted by Gasteiger charge is -2.21. The van der Waals surface area contributed by atoms with Crippen LogP contribution in [-0.2, 0) is 19.1 Å². The zero-order valence-corrected chi connectivity index (χ0v) is 14.1. The molecule has 0 radical (unpaired) electrons. The summed E-state index contributed by atoms with van der Waals surface area (Å²) in [5.74, 6) is -1.93. The minimum absolute atomic E-state index is 0.106. The molecule has 23 heavy (non-hydrogen) atoms. The van der Waals surface area contributed by atoms with E-state index in [-0.39, 0.29) is 16.5 Å². The Morgan fingerprint density at radius 1 is 1.26 bits per heavy atom. The van der Waals surface area contributed by atoms with Crippen LogP contribution in [0.2, 0.25) is 5.02 Å². The number of methoxy groups -OCH3 is 1. The largest absolute Gasteiger partial charge is 0.467 e. The van der Waals surface area contributed by atoms with Gasteiger partial charge in [-0.3, -0.25) is 4.79 Å². The number of rotatable bonds is 7. The van der Waals surface area contributed by atoms with Crippen LogP contribution in [0.4, 0.5) is 0 Å². The van der Waals surface area contributed by atoms with E-state index >= 15 is 0 Å². The smallest absolute Gasteiger partial charge is 0.340 e. The summed E-state index contributed by atoms with van der Waals surface area (Å²) in [6, 6.07) is 5.59. The summed E-state index contributed by atoms with van der Waals surface area (Å²) in [4.78, 5) is 35.4. The Labute approximate surface area is 140 Å². The number of hydrogen-bond acceptors (Lipinski definition) is 5. The van der Waals surface area contributed by atoms with E-state index < -0.39 is 30.5 Å². The lowest BCUT2D eigenvalue weighted by molar-refractivity contribution is -0.147. The molecular formula is C16H20ClNO5. The van der Waals surface area contributed by atoms with Crippen molar-refractivity contribution < 1.29 is 23.9 Å². The maximum atomic E-state index is 11.9. The van der Waals surface area contributed by atoms with E-state index in [9.17, 15) is 14.4 Å². The number of esters is 2. The highest BCUT2D eigenvalue weighted by molar-refractivity contribution is 6.33. The van der Waals surface area contributed by atoms with E-state index in [1.54, 1.807) is 18.2 Å². The van der Waals surface area contributed by atoms with Crippen molar-refractivity contribution in [2.45, 2.75) is 26.3 Å². The second-order valence-corrected chi connectivity index (χ2v) is 5.42. The second-order valence-electron chi connectivity index (χ2n) is 5.01. The summed E-state index contributed by atoms with van der Waals surface area (Å²) in [6.07, 6.45) is 0.680. The minimum atomic E-state index is -0.781. The molecule has 1 amide bonds. The Kier molecular flexibility index (Phi) is 7.54. The topological polar surface area (TPSA) is 81.7 Å². The molecule has 0 heterocycles. The Morgan fingerprint density at radius 3 is 2.48 bits per heavy atom. The third-order valence-corrected chi connectivity index (χ3v) is 3.74. The Morgan fingerprint density at radius 2 is 1.91 bits per heavy atom. The fourth-order valence-corrected chi connectivity index (χ4v) is 2.06. The molecule has 1 rings (SSSR count). The van der Waals surface area contributed by atoms with Gasteiger partial charge in [-0.2, -0.15) is 0 Å². The normalized spacial score (nSPS) is 12.9. The van der Waals surface area contributed by atoms with Gasteiger partial charge in [0, 0.05) is 0 Å². The van der Waals surface area contributed by atoms with Crippen LogP contribution in [0.1, 0.15) is 30.6 Å². The van der Waals surface area contributed by atoms with Crippen molar-refractivity contribution in [2.75, 3.05) is 13.7 Å². The zero-order valence-electron chi connectivity index (χ0n) is 13.3. The predicted molar refractivity (Wildman–Crippen MR) is 85.1 cm³/mol. The molecule has 126 valence electrons. The second kappa shape index (κ2) is 9.15. The van der Waals surface area contributed by atoms with Crippen LogP contribution >= 0.6 is 11.6 Å². The molecule has 0 aromatic heterocycles. The fraction of sp³-hybridized carbons (Fsp3) is 0.438. The molecule has 7 heteroatoms. The summed E-state index contributed by atoms with van der Waals surface area (Å²) in [5.41, 5.74) is 0.174. The maximum absolute atomic E-state index is 11.9. The van der Waals surface area contributed by atoms with Gasteiger partial charge in [0.05, 0.1) is 17.7 Å². The molecule has 0 fully saturated rings. The SMILES string of the molecule is CCC(C)C(NC(=O)COC(=O)c1ccccc1Cl)C(=O)OC. The van der Waals surface area contributed by atoms with Crippen molar-refractivity contribution >= 4 is 29.4 Å². The molecule has 1 N–H and O–H groups in total. The Balaban J connectivity index is 2.60. The van der Waals surface area contributed by atoms with Gasteiger partial charge in [-0.1, -0.05) is 44.0 Å². The highest BCUT2D eigenvalue weighted by atomic mass is 35.5. The van der Waals surface area contributed by atoms with Crippen LogP contribution in [0.5, 0.6) is 0 Å². The van der Waals surface area contributed by atoms with E-state index in [1.165, 1.54) is 13.2 Å². The summed E-state index contributed by atoms with van der Waals surface area (Å²) in [6.45, 7) is 3.20. The van der Waals surface area contributed by atoms with Gasteiger partial charge in [0.1, 0.15) is 6.04 Å². The molecule has 0 bridgehead atoms. The standard InChI is InChI=1S/C16H20ClNO5/c1-4-10(2)14(16(21)22-3)18-13(19)9-23-15(20)11-7-5-6-8-12(11)17/h5-8,10,14H,4,9H2,1-3H3,(H,18,19). The van der Waals surface area contributed by atoms with Crippen molar-refractivity contribution in [1.29, 1.82) is 0 Å². The number of amides is 1. The molecule has 0 aliphatic heterocycles. The van der Waals surface area contributed by atoms with E-state index in [0.29, 0.717) is 6.42 Å². The van der Waals surface area contributed by atoms with Gasteiger partial charge in [-0.25, -0.2) is 9.59 Å². The molecule has 2 unspecified atom stereocenters. The van der Waals surface area contributed by atoms with Crippen molar-refractivity contribution in [1.82, 2.24) is 5.32 Å². The number of hydrogen-bond donors (Lipinski definition) is 1. The first kappa shape index (κ1) is 19.0. The van der Waals surface area contributed by atoms with Crippen LogP contribution in [-0.4, -0.2) is 37.6 Å². The third kappa shape index (κ3) is 5.56. The van der Waals surface area contributed by atoms with Gasteiger partial charge >= 0.3 is 11.9 Å². The van der Waals surface area contributed by atoms with Crippen molar-refractivity contribution in [3.63, 3.8) is 0 Å². The fourth-order valence-electron chi connectivity index (χ4n) is 1.85. The van der Waals surface area contributed by atoms with Crippen molar-refractivity contribution in [3.8, 4) is 0 Å². The molecule has 1 aromatic carbocycles. The maximum Gasteiger partial charge on any atom is 0.340 e. The van der Waals surface area contributed by atoms with Gasteiger partial charge in [-0.05, 0) is 18.1 Å². The molecule has 0 spiro atoms. The molecule has 0 aliphatic rings. The van der Waals surface area contributed by atoms with Crippen molar-refractivity contribution in [2.24, 2.45) is 5.92 Å². The van der Waals surface area contributed by atoms with Gasteiger partial charge in [0.15, 0.2) is 6.61 Å². The predicted octanol–water partition coefficient (Wildman–Crippen LogP) is 2.20.